The van der Waals surface area contributed by atoms with E-state index < -0.39 is 6.09 Å². The van der Waals surface area contributed by atoms with Crippen LogP contribution in [-0.2, 0) is 11.3 Å². The van der Waals surface area contributed by atoms with Crippen molar-refractivity contribution in [1.29, 1.82) is 0 Å². The Hall–Kier alpha value is -2.47. The zero-order chi connectivity index (χ0) is 15.4. The van der Waals surface area contributed by atoms with E-state index in [2.05, 4.69) is 31.2 Å². The Bertz CT molecular complexity index is 809. The molecule has 110 valence electrons. The van der Waals surface area contributed by atoms with Gasteiger partial charge in [-0.05, 0) is 23.8 Å². The Morgan fingerprint density at radius 3 is 2.77 bits per heavy atom. The maximum atomic E-state index is 11.9. The smallest absolute Gasteiger partial charge is 0.413 e. The van der Waals surface area contributed by atoms with Gasteiger partial charge in [0.05, 0.1) is 5.52 Å². The van der Waals surface area contributed by atoms with Crippen LogP contribution in [0, 0.1) is 0 Å². The molecule has 3 rings (SSSR count). The van der Waals surface area contributed by atoms with Gasteiger partial charge in [-0.15, -0.1) is 0 Å². The largest absolute Gasteiger partial charge is 0.444 e. The molecule has 0 unspecified atom stereocenters. The molecule has 0 aliphatic carbocycles. The molecule has 0 atom stereocenters. The van der Waals surface area contributed by atoms with E-state index in [1.807, 2.05) is 48.5 Å². The molecule has 1 heterocycles. The fourth-order valence-corrected chi connectivity index (χ4v) is 2.33. The van der Waals surface area contributed by atoms with Crippen molar-refractivity contribution in [3.05, 3.63) is 64.9 Å². The number of carbonyl (C=O) groups is 1. The van der Waals surface area contributed by atoms with Crippen LogP contribution in [0.15, 0.2) is 59.3 Å². The van der Waals surface area contributed by atoms with Crippen molar-refractivity contribution in [1.82, 2.24) is 9.97 Å². The van der Waals surface area contributed by atoms with Crippen LogP contribution in [-0.4, -0.2) is 16.1 Å². The first-order chi connectivity index (χ1) is 10.7. The highest BCUT2D eigenvalue weighted by Gasteiger charge is 2.09. The molecule has 0 aliphatic rings. The SMILES string of the molecule is O=C(Nc1ncnc2cc(Br)ccc12)OCc1ccccc1. The number of halogens is 1. The van der Waals surface area contributed by atoms with Crippen molar-refractivity contribution in [2.75, 3.05) is 5.32 Å². The molecular formula is C16H12BrN3O2. The number of anilines is 1. The molecule has 0 aliphatic heterocycles. The van der Waals surface area contributed by atoms with Crippen LogP contribution in [0.1, 0.15) is 5.56 Å². The third-order valence-electron chi connectivity index (χ3n) is 3.03. The van der Waals surface area contributed by atoms with Gasteiger partial charge in [0.25, 0.3) is 0 Å². The molecule has 0 saturated carbocycles. The number of rotatable bonds is 3. The second-order valence-corrected chi connectivity index (χ2v) is 5.49. The van der Waals surface area contributed by atoms with Gasteiger partial charge in [-0.3, -0.25) is 5.32 Å². The van der Waals surface area contributed by atoms with E-state index in [0.29, 0.717) is 5.82 Å². The number of ether oxygens (including phenoxy) is 1. The monoisotopic (exact) mass is 357 g/mol. The first-order valence-electron chi connectivity index (χ1n) is 6.60. The van der Waals surface area contributed by atoms with Gasteiger partial charge in [-0.2, -0.15) is 0 Å². The minimum absolute atomic E-state index is 0.210. The number of fused-ring (bicyclic) bond motifs is 1. The molecule has 0 saturated heterocycles. The third-order valence-corrected chi connectivity index (χ3v) is 3.53. The number of benzene rings is 2. The van der Waals surface area contributed by atoms with Gasteiger partial charge in [0.15, 0.2) is 0 Å². The molecule has 0 bridgehead atoms. The summed E-state index contributed by atoms with van der Waals surface area (Å²) in [7, 11) is 0. The molecule has 22 heavy (non-hydrogen) atoms. The van der Waals surface area contributed by atoms with E-state index in [1.54, 1.807) is 0 Å². The minimum Gasteiger partial charge on any atom is -0.444 e. The van der Waals surface area contributed by atoms with E-state index in [9.17, 15) is 4.79 Å². The van der Waals surface area contributed by atoms with Crippen molar-refractivity contribution in [2.45, 2.75) is 6.61 Å². The number of carbonyl (C=O) groups excluding carboxylic acids is 1. The highest BCUT2D eigenvalue weighted by Crippen LogP contribution is 2.22. The van der Waals surface area contributed by atoms with Crippen LogP contribution in [0.2, 0.25) is 0 Å². The molecule has 0 spiro atoms. The molecule has 1 amide bonds. The Balaban J connectivity index is 1.71. The lowest BCUT2D eigenvalue weighted by molar-refractivity contribution is 0.155. The summed E-state index contributed by atoms with van der Waals surface area (Å²) in [5.74, 6) is 0.426. The predicted octanol–water partition coefficient (Wildman–Crippen LogP) is 4.14. The van der Waals surface area contributed by atoms with Crippen molar-refractivity contribution >= 4 is 38.7 Å². The summed E-state index contributed by atoms with van der Waals surface area (Å²) in [6.45, 7) is 0.210. The van der Waals surface area contributed by atoms with Crippen LogP contribution in [0.25, 0.3) is 10.9 Å². The van der Waals surface area contributed by atoms with Crippen LogP contribution in [0.3, 0.4) is 0 Å². The van der Waals surface area contributed by atoms with Crippen molar-refractivity contribution < 1.29 is 9.53 Å². The quantitative estimate of drug-likeness (QED) is 0.764. The highest BCUT2D eigenvalue weighted by atomic mass is 79.9. The zero-order valence-electron chi connectivity index (χ0n) is 11.5. The van der Waals surface area contributed by atoms with E-state index in [1.165, 1.54) is 6.33 Å². The molecule has 3 aromatic rings. The van der Waals surface area contributed by atoms with Crippen LogP contribution >= 0.6 is 15.9 Å². The fourth-order valence-electron chi connectivity index (χ4n) is 1.99. The molecule has 6 heteroatoms. The summed E-state index contributed by atoms with van der Waals surface area (Å²) in [4.78, 5) is 20.2. The number of hydrogen-bond acceptors (Lipinski definition) is 4. The number of hydrogen-bond donors (Lipinski definition) is 1. The number of amides is 1. The van der Waals surface area contributed by atoms with Gasteiger partial charge < -0.3 is 4.74 Å². The maximum Gasteiger partial charge on any atom is 0.413 e. The average molecular weight is 358 g/mol. The van der Waals surface area contributed by atoms with Crippen LogP contribution in [0.5, 0.6) is 0 Å². The first kappa shape index (κ1) is 14.5. The van der Waals surface area contributed by atoms with Crippen LogP contribution in [0.4, 0.5) is 10.6 Å². The minimum atomic E-state index is -0.549. The average Bonchev–Trinajstić information content (AvgIpc) is 2.54. The van der Waals surface area contributed by atoms with E-state index in [0.717, 1.165) is 20.9 Å². The number of aromatic nitrogens is 2. The highest BCUT2D eigenvalue weighted by molar-refractivity contribution is 9.10. The summed E-state index contributed by atoms with van der Waals surface area (Å²) in [5, 5.41) is 3.40. The van der Waals surface area contributed by atoms with Crippen molar-refractivity contribution in [2.24, 2.45) is 0 Å². The van der Waals surface area contributed by atoms with Crippen LogP contribution < -0.4 is 5.32 Å². The zero-order valence-corrected chi connectivity index (χ0v) is 13.1. The summed E-state index contributed by atoms with van der Waals surface area (Å²) in [6.07, 6.45) is 0.855. The van der Waals surface area contributed by atoms with Gasteiger partial charge in [0.1, 0.15) is 18.8 Å². The summed E-state index contributed by atoms with van der Waals surface area (Å²) >= 11 is 3.39. The molecule has 0 radical (unpaired) electrons. The van der Waals surface area contributed by atoms with E-state index in [4.69, 9.17) is 4.74 Å². The summed E-state index contributed by atoms with van der Waals surface area (Å²) < 4.78 is 6.10. The lowest BCUT2D eigenvalue weighted by Crippen LogP contribution is -2.14. The molecule has 0 fully saturated rings. The predicted molar refractivity (Wildman–Crippen MR) is 87.5 cm³/mol. The molecule has 5 nitrogen and oxygen atoms in total. The van der Waals surface area contributed by atoms with Crippen molar-refractivity contribution in [3.63, 3.8) is 0 Å². The maximum absolute atomic E-state index is 11.9. The Labute approximate surface area is 135 Å². The number of nitrogens with zero attached hydrogens (tertiary/aromatic N) is 2. The lowest BCUT2D eigenvalue weighted by atomic mass is 10.2. The Morgan fingerprint density at radius 1 is 1.14 bits per heavy atom. The summed E-state index contributed by atoms with van der Waals surface area (Å²) in [5.41, 5.74) is 1.66. The van der Waals surface area contributed by atoms with Gasteiger partial charge in [0.2, 0.25) is 0 Å². The summed E-state index contributed by atoms with van der Waals surface area (Å²) in [6, 6.07) is 15.1. The normalized spacial score (nSPS) is 10.4. The first-order valence-corrected chi connectivity index (χ1v) is 7.39. The topological polar surface area (TPSA) is 64.1 Å². The Kier molecular flexibility index (Phi) is 4.29. The van der Waals surface area contributed by atoms with Gasteiger partial charge in [-0.25, -0.2) is 14.8 Å². The van der Waals surface area contributed by atoms with Gasteiger partial charge in [0, 0.05) is 9.86 Å². The second kappa shape index (κ2) is 6.53. The molecule has 1 N–H and O–H groups in total. The van der Waals surface area contributed by atoms with Crippen molar-refractivity contribution in [3.8, 4) is 0 Å². The standard InChI is InChI=1S/C16H12BrN3O2/c17-12-6-7-13-14(8-12)18-10-19-15(13)20-16(21)22-9-11-4-2-1-3-5-11/h1-8,10H,9H2,(H,18,19,20,21). The fraction of sp³-hybridized carbons (Fsp3) is 0.0625. The third kappa shape index (κ3) is 3.40. The Morgan fingerprint density at radius 2 is 1.95 bits per heavy atom. The second-order valence-electron chi connectivity index (χ2n) is 4.57. The molecular weight excluding hydrogens is 346 g/mol. The van der Waals surface area contributed by atoms with E-state index >= 15 is 0 Å². The lowest BCUT2D eigenvalue weighted by Gasteiger charge is -2.08. The van der Waals surface area contributed by atoms with Gasteiger partial charge >= 0.3 is 6.09 Å². The molecule has 2 aromatic carbocycles. The molecule has 1 aromatic heterocycles. The van der Waals surface area contributed by atoms with E-state index in [-0.39, 0.29) is 6.61 Å². The van der Waals surface area contributed by atoms with Gasteiger partial charge in [-0.1, -0.05) is 46.3 Å². The number of nitrogens with one attached hydrogen (secondary N) is 1.